The van der Waals surface area contributed by atoms with E-state index in [4.69, 9.17) is 0 Å². The Bertz CT molecular complexity index is 554. The van der Waals surface area contributed by atoms with E-state index in [0.717, 1.165) is 0 Å². The quantitative estimate of drug-likeness (QED) is 0.909. The summed E-state index contributed by atoms with van der Waals surface area (Å²) < 4.78 is 41.7. The summed E-state index contributed by atoms with van der Waals surface area (Å²) in [5.74, 6) is -0.274. The van der Waals surface area contributed by atoms with Gasteiger partial charge in [0.05, 0.1) is 5.69 Å². The number of benzene rings is 1. The van der Waals surface area contributed by atoms with Gasteiger partial charge in [0, 0.05) is 32.2 Å². The molecule has 1 aliphatic rings. The lowest BCUT2D eigenvalue weighted by Crippen LogP contribution is -2.53. The molecule has 112 valence electrons. The molecule has 0 radical (unpaired) electrons. The highest BCUT2D eigenvalue weighted by molar-refractivity contribution is 7.87. The van der Waals surface area contributed by atoms with E-state index in [1.54, 1.807) is 32.0 Å². The molecular formula is C13H20FN3O2S. The molecule has 1 aromatic carbocycles. The average molecular weight is 301 g/mol. The topological polar surface area (TPSA) is 52.7 Å². The van der Waals surface area contributed by atoms with Crippen LogP contribution >= 0.6 is 0 Å². The summed E-state index contributed by atoms with van der Waals surface area (Å²) in [4.78, 5) is 1.87. The van der Waals surface area contributed by atoms with Crippen molar-refractivity contribution in [3.8, 4) is 0 Å². The Kier molecular flexibility index (Phi) is 4.62. The summed E-state index contributed by atoms with van der Waals surface area (Å²) in [7, 11) is -3.44. The van der Waals surface area contributed by atoms with Crippen LogP contribution in [0.1, 0.15) is 13.8 Å². The normalized spacial score (nSPS) is 17.7. The second kappa shape index (κ2) is 6.07. The molecule has 0 atom stereocenters. The van der Waals surface area contributed by atoms with E-state index in [1.807, 2.05) is 4.90 Å². The third kappa shape index (κ3) is 3.47. The van der Waals surface area contributed by atoms with Gasteiger partial charge in [0.15, 0.2) is 0 Å². The molecule has 1 aliphatic heterocycles. The van der Waals surface area contributed by atoms with Crippen molar-refractivity contribution in [1.29, 1.82) is 0 Å². The first kappa shape index (κ1) is 15.2. The van der Waals surface area contributed by atoms with Crippen LogP contribution in [0.5, 0.6) is 0 Å². The summed E-state index contributed by atoms with van der Waals surface area (Å²) in [5.41, 5.74) is 0.529. The molecule has 20 heavy (non-hydrogen) atoms. The standard InChI is InChI=1S/C13H20FN3O2S/c1-11(2)15-20(18,19)17-9-7-16(8-10-17)13-6-4-3-5-12(13)14/h3-6,11,15H,7-10H2,1-2H3. The Balaban J connectivity index is 2.01. The van der Waals surface area contributed by atoms with Gasteiger partial charge < -0.3 is 4.90 Å². The van der Waals surface area contributed by atoms with E-state index < -0.39 is 10.2 Å². The summed E-state index contributed by atoms with van der Waals surface area (Å²) in [6.45, 7) is 5.26. The van der Waals surface area contributed by atoms with Crippen LogP contribution in [0, 0.1) is 5.82 Å². The van der Waals surface area contributed by atoms with Crippen molar-refractivity contribution >= 4 is 15.9 Å². The van der Waals surface area contributed by atoms with Gasteiger partial charge in [-0.3, -0.25) is 0 Å². The minimum Gasteiger partial charge on any atom is -0.367 e. The third-order valence-corrected chi connectivity index (χ3v) is 4.97. The number of halogens is 1. The Labute approximate surface area is 119 Å². The fraction of sp³-hybridized carbons (Fsp3) is 0.538. The molecule has 1 saturated heterocycles. The zero-order valence-corrected chi connectivity index (χ0v) is 12.5. The first-order valence-electron chi connectivity index (χ1n) is 6.67. The van der Waals surface area contributed by atoms with Crippen molar-refractivity contribution < 1.29 is 12.8 Å². The molecule has 0 spiro atoms. The number of nitrogens with zero attached hydrogens (tertiary/aromatic N) is 2. The highest BCUT2D eigenvalue weighted by Crippen LogP contribution is 2.20. The summed E-state index contributed by atoms with van der Waals surface area (Å²) in [6, 6.07) is 6.42. The van der Waals surface area contributed by atoms with Crippen molar-refractivity contribution in [1.82, 2.24) is 9.03 Å². The molecule has 1 aromatic rings. The Morgan fingerprint density at radius 3 is 2.30 bits per heavy atom. The number of hydrogen-bond donors (Lipinski definition) is 1. The van der Waals surface area contributed by atoms with Crippen LogP contribution in [0.3, 0.4) is 0 Å². The second-order valence-corrected chi connectivity index (χ2v) is 6.82. The predicted octanol–water partition coefficient (Wildman–Crippen LogP) is 1.19. The van der Waals surface area contributed by atoms with Gasteiger partial charge >= 0.3 is 0 Å². The van der Waals surface area contributed by atoms with Crippen LogP contribution in [0.15, 0.2) is 24.3 Å². The number of para-hydroxylation sites is 1. The number of nitrogens with one attached hydrogen (secondary N) is 1. The first-order chi connectivity index (χ1) is 9.40. The number of piperazine rings is 1. The first-order valence-corrected chi connectivity index (χ1v) is 8.11. The van der Waals surface area contributed by atoms with E-state index in [9.17, 15) is 12.8 Å². The molecule has 0 amide bonds. The van der Waals surface area contributed by atoms with Gasteiger partial charge in [-0.05, 0) is 26.0 Å². The monoisotopic (exact) mass is 301 g/mol. The van der Waals surface area contributed by atoms with E-state index in [2.05, 4.69) is 4.72 Å². The van der Waals surface area contributed by atoms with E-state index in [-0.39, 0.29) is 11.9 Å². The molecule has 1 heterocycles. The van der Waals surface area contributed by atoms with Gasteiger partial charge in [0.2, 0.25) is 0 Å². The van der Waals surface area contributed by atoms with E-state index in [1.165, 1.54) is 10.4 Å². The van der Waals surface area contributed by atoms with Gasteiger partial charge in [-0.15, -0.1) is 0 Å². The van der Waals surface area contributed by atoms with Crippen LogP contribution in [0.2, 0.25) is 0 Å². The molecule has 0 aliphatic carbocycles. The van der Waals surface area contributed by atoms with Crippen LogP contribution in [0.25, 0.3) is 0 Å². The van der Waals surface area contributed by atoms with Gasteiger partial charge in [-0.1, -0.05) is 12.1 Å². The lowest BCUT2D eigenvalue weighted by Gasteiger charge is -2.35. The van der Waals surface area contributed by atoms with Crippen LogP contribution < -0.4 is 9.62 Å². The average Bonchev–Trinajstić information content (AvgIpc) is 2.38. The third-order valence-electron chi connectivity index (χ3n) is 3.16. The maximum absolute atomic E-state index is 13.7. The fourth-order valence-corrected chi connectivity index (χ4v) is 3.64. The SMILES string of the molecule is CC(C)NS(=O)(=O)N1CCN(c2ccccc2F)CC1. The van der Waals surface area contributed by atoms with Crippen LogP contribution in [-0.2, 0) is 10.2 Å². The van der Waals surface area contributed by atoms with Crippen LogP contribution in [0.4, 0.5) is 10.1 Å². The molecule has 7 heteroatoms. The largest absolute Gasteiger partial charge is 0.367 e. The van der Waals surface area contributed by atoms with Gasteiger partial charge in [-0.25, -0.2) is 4.39 Å². The molecular weight excluding hydrogens is 281 g/mol. The van der Waals surface area contributed by atoms with E-state index in [0.29, 0.717) is 31.9 Å². The van der Waals surface area contributed by atoms with Crippen molar-refractivity contribution in [2.24, 2.45) is 0 Å². The zero-order chi connectivity index (χ0) is 14.8. The molecule has 0 aromatic heterocycles. The molecule has 0 saturated carbocycles. The molecule has 0 unspecified atom stereocenters. The summed E-state index contributed by atoms with van der Waals surface area (Å²) in [5, 5.41) is 0. The highest BCUT2D eigenvalue weighted by atomic mass is 32.2. The van der Waals surface area contributed by atoms with E-state index >= 15 is 0 Å². The zero-order valence-electron chi connectivity index (χ0n) is 11.7. The lowest BCUT2D eigenvalue weighted by molar-refractivity contribution is 0.374. The molecule has 0 bridgehead atoms. The van der Waals surface area contributed by atoms with Crippen molar-refractivity contribution in [2.75, 3.05) is 31.1 Å². The maximum Gasteiger partial charge on any atom is 0.279 e. The molecule has 5 nitrogen and oxygen atoms in total. The van der Waals surface area contributed by atoms with Gasteiger partial charge in [-0.2, -0.15) is 17.4 Å². The molecule has 2 rings (SSSR count). The fourth-order valence-electron chi connectivity index (χ4n) is 2.25. The number of hydrogen-bond acceptors (Lipinski definition) is 3. The summed E-state index contributed by atoms with van der Waals surface area (Å²) in [6.07, 6.45) is 0. The van der Waals surface area contributed by atoms with Gasteiger partial charge in [0.25, 0.3) is 10.2 Å². The lowest BCUT2D eigenvalue weighted by atomic mass is 10.2. The number of rotatable bonds is 4. The molecule has 1 N–H and O–H groups in total. The maximum atomic E-state index is 13.7. The number of anilines is 1. The second-order valence-electron chi connectivity index (χ2n) is 5.12. The highest BCUT2D eigenvalue weighted by Gasteiger charge is 2.27. The Morgan fingerprint density at radius 2 is 1.75 bits per heavy atom. The minimum absolute atomic E-state index is 0.135. The Morgan fingerprint density at radius 1 is 1.15 bits per heavy atom. The smallest absolute Gasteiger partial charge is 0.279 e. The molecule has 1 fully saturated rings. The minimum atomic E-state index is -3.44. The van der Waals surface area contributed by atoms with Gasteiger partial charge in [0.1, 0.15) is 5.82 Å². The summed E-state index contributed by atoms with van der Waals surface area (Å²) >= 11 is 0. The Hall–Kier alpha value is -1.18. The van der Waals surface area contributed by atoms with Crippen molar-refractivity contribution in [2.45, 2.75) is 19.9 Å². The van der Waals surface area contributed by atoms with Crippen molar-refractivity contribution in [3.05, 3.63) is 30.1 Å². The van der Waals surface area contributed by atoms with Crippen molar-refractivity contribution in [3.63, 3.8) is 0 Å². The predicted molar refractivity (Wildman–Crippen MR) is 77.4 cm³/mol. The van der Waals surface area contributed by atoms with Crippen LogP contribution in [-0.4, -0.2) is 44.9 Å².